The normalized spacial score (nSPS) is 17.7. The van der Waals surface area contributed by atoms with Gasteiger partial charge in [0.25, 0.3) is 0 Å². The van der Waals surface area contributed by atoms with Crippen LogP contribution in [0.1, 0.15) is 36.6 Å². The molecule has 1 N–H and O–H groups in total. The predicted octanol–water partition coefficient (Wildman–Crippen LogP) is 4.66. The Morgan fingerprint density at radius 2 is 2.00 bits per heavy atom. The maximum Gasteiger partial charge on any atom is 0.321 e. The molecule has 0 aromatic heterocycles. The molecule has 1 aromatic carbocycles. The van der Waals surface area contributed by atoms with Crippen LogP contribution in [0.4, 0.5) is 5.69 Å². The fraction of sp³-hybridized carbons (Fsp3) is 0.562. The largest absolute Gasteiger partial charge is 0.465 e. The highest BCUT2D eigenvalue weighted by Crippen LogP contribution is 2.33. The van der Waals surface area contributed by atoms with Gasteiger partial charge in [0.2, 0.25) is 0 Å². The first-order chi connectivity index (χ1) is 10.1. The molecule has 0 amide bonds. The molecule has 1 aliphatic carbocycles. The van der Waals surface area contributed by atoms with Crippen LogP contribution < -0.4 is 5.32 Å². The van der Waals surface area contributed by atoms with E-state index >= 15 is 0 Å². The number of hydrogen-bond acceptors (Lipinski definition) is 3. The van der Waals surface area contributed by atoms with Crippen molar-refractivity contribution in [2.75, 3.05) is 18.5 Å². The third-order valence-electron chi connectivity index (χ3n) is 3.82. The maximum absolute atomic E-state index is 11.7. The van der Waals surface area contributed by atoms with E-state index in [1.54, 1.807) is 0 Å². The summed E-state index contributed by atoms with van der Waals surface area (Å²) in [5.74, 6) is 0.593. The second-order valence-corrected chi connectivity index (χ2v) is 7.33. The van der Waals surface area contributed by atoms with Crippen LogP contribution in [0, 0.1) is 5.92 Å². The Labute approximate surface area is 143 Å². The molecule has 1 aromatic rings. The summed E-state index contributed by atoms with van der Waals surface area (Å²) in [4.78, 5) is 11.2. The van der Waals surface area contributed by atoms with Gasteiger partial charge >= 0.3 is 5.97 Å². The van der Waals surface area contributed by atoms with E-state index in [0.29, 0.717) is 6.61 Å². The predicted molar refractivity (Wildman–Crippen MR) is 93.3 cm³/mol. The van der Waals surface area contributed by atoms with Gasteiger partial charge in [0.15, 0.2) is 0 Å². The van der Waals surface area contributed by atoms with Crippen molar-refractivity contribution in [3.05, 3.63) is 29.8 Å². The number of esters is 1. The molecule has 3 nitrogen and oxygen atoms in total. The van der Waals surface area contributed by atoms with Gasteiger partial charge < -0.3 is 10.1 Å². The molecule has 0 spiro atoms. The summed E-state index contributed by atoms with van der Waals surface area (Å²) < 4.78 is 5.03. The number of carbonyl (C=O) groups excluding carboxylic acids is 1. The Morgan fingerprint density at radius 3 is 2.52 bits per heavy atom. The van der Waals surface area contributed by atoms with Crippen molar-refractivity contribution in [3.63, 3.8) is 0 Å². The molecule has 1 aliphatic rings. The first-order valence-electron chi connectivity index (χ1n) is 7.40. The number of rotatable bonds is 7. The molecule has 116 valence electrons. The average Bonchev–Trinajstić information content (AvgIpc) is 2.45. The van der Waals surface area contributed by atoms with Crippen molar-refractivity contribution < 1.29 is 9.53 Å². The molecule has 2 unspecified atom stereocenters. The summed E-state index contributed by atoms with van der Waals surface area (Å²) in [5, 5.41) is 3.47. The molecule has 21 heavy (non-hydrogen) atoms. The highest BCUT2D eigenvalue weighted by atomic mass is 79.9. The number of hydrogen-bond donors (Lipinski definition) is 1. The topological polar surface area (TPSA) is 38.3 Å². The highest BCUT2D eigenvalue weighted by Gasteiger charge is 2.26. The van der Waals surface area contributed by atoms with Gasteiger partial charge in [-0.05, 0) is 43.4 Å². The van der Waals surface area contributed by atoms with E-state index in [-0.39, 0.29) is 15.6 Å². The van der Waals surface area contributed by atoms with Crippen LogP contribution in [0.25, 0.3) is 0 Å². The van der Waals surface area contributed by atoms with E-state index in [2.05, 4.69) is 49.3 Å². The first kappa shape index (κ1) is 16.8. The van der Waals surface area contributed by atoms with Crippen molar-refractivity contribution in [2.24, 2.45) is 5.92 Å². The molecule has 0 radical (unpaired) electrons. The lowest BCUT2D eigenvalue weighted by Gasteiger charge is -2.26. The number of benzene rings is 1. The van der Waals surface area contributed by atoms with Gasteiger partial charge in [-0.15, -0.1) is 0 Å². The zero-order valence-electron chi connectivity index (χ0n) is 12.1. The van der Waals surface area contributed by atoms with E-state index < -0.39 is 0 Å². The summed E-state index contributed by atoms with van der Waals surface area (Å²) in [6.45, 7) is 3.26. The van der Waals surface area contributed by atoms with Gasteiger partial charge in [-0.25, -0.2) is 0 Å². The number of halogens is 2. The fourth-order valence-electron chi connectivity index (χ4n) is 2.25. The third-order valence-corrected chi connectivity index (χ3v) is 6.49. The first-order valence-corrected chi connectivity index (χ1v) is 9.23. The molecule has 0 aliphatic heterocycles. The minimum Gasteiger partial charge on any atom is -0.465 e. The Kier molecular flexibility index (Phi) is 6.55. The SMILES string of the molecule is CCOC(=O)C(Br)C(Br)c1ccc(NCC2CCC2)cc1. The smallest absolute Gasteiger partial charge is 0.321 e. The van der Waals surface area contributed by atoms with Gasteiger partial charge in [-0.3, -0.25) is 4.79 Å². The van der Waals surface area contributed by atoms with Crippen molar-refractivity contribution in [1.29, 1.82) is 0 Å². The van der Waals surface area contributed by atoms with E-state index in [1.165, 1.54) is 19.3 Å². The summed E-state index contributed by atoms with van der Waals surface area (Å²) >= 11 is 6.96. The van der Waals surface area contributed by atoms with Gasteiger partial charge in [0, 0.05) is 12.2 Å². The van der Waals surface area contributed by atoms with E-state index in [0.717, 1.165) is 23.7 Å². The van der Waals surface area contributed by atoms with Crippen LogP contribution in [0.2, 0.25) is 0 Å². The molecule has 0 saturated heterocycles. The zero-order chi connectivity index (χ0) is 15.2. The zero-order valence-corrected chi connectivity index (χ0v) is 15.3. The maximum atomic E-state index is 11.7. The minimum absolute atomic E-state index is 0.0998. The van der Waals surface area contributed by atoms with Crippen molar-refractivity contribution >= 4 is 43.5 Å². The lowest BCUT2D eigenvalue weighted by Crippen LogP contribution is -2.22. The Balaban J connectivity index is 1.89. The number of alkyl halides is 2. The minimum atomic E-state index is -0.383. The Bertz CT molecular complexity index is 460. The van der Waals surface area contributed by atoms with Gasteiger partial charge in [-0.2, -0.15) is 0 Å². The van der Waals surface area contributed by atoms with E-state index in [4.69, 9.17) is 4.74 Å². The molecule has 1 fully saturated rings. The average molecular weight is 419 g/mol. The summed E-state index contributed by atoms with van der Waals surface area (Å²) in [7, 11) is 0. The highest BCUT2D eigenvalue weighted by molar-refractivity contribution is 9.12. The molecule has 0 bridgehead atoms. The molecule has 0 heterocycles. The van der Waals surface area contributed by atoms with Crippen LogP contribution in [0.3, 0.4) is 0 Å². The van der Waals surface area contributed by atoms with Crippen molar-refractivity contribution in [1.82, 2.24) is 0 Å². The van der Waals surface area contributed by atoms with Gasteiger partial charge in [0.1, 0.15) is 4.83 Å². The number of carbonyl (C=O) groups is 1. The number of nitrogens with one attached hydrogen (secondary N) is 1. The fourth-order valence-corrected chi connectivity index (χ4v) is 3.21. The molecule has 2 rings (SSSR count). The Hall–Kier alpha value is -0.550. The summed E-state index contributed by atoms with van der Waals surface area (Å²) in [6, 6.07) is 8.20. The van der Waals surface area contributed by atoms with Gasteiger partial charge in [0.05, 0.1) is 11.4 Å². The van der Waals surface area contributed by atoms with Crippen LogP contribution in [0.15, 0.2) is 24.3 Å². The second kappa shape index (κ2) is 8.18. The van der Waals surface area contributed by atoms with Crippen molar-refractivity contribution in [3.8, 4) is 0 Å². The van der Waals surface area contributed by atoms with Crippen LogP contribution >= 0.6 is 31.9 Å². The summed E-state index contributed by atoms with van der Waals surface area (Å²) in [6.07, 6.45) is 4.07. The number of ether oxygens (including phenoxy) is 1. The molecule has 5 heteroatoms. The van der Waals surface area contributed by atoms with Gasteiger partial charge in [-0.1, -0.05) is 50.4 Å². The van der Waals surface area contributed by atoms with Crippen molar-refractivity contribution in [2.45, 2.75) is 35.8 Å². The monoisotopic (exact) mass is 417 g/mol. The summed E-state index contributed by atoms with van der Waals surface area (Å²) in [5.41, 5.74) is 2.19. The third kappa shape index (κ3) is 4.71. The number of anilines is 1. The molecule has 1 saturated carbocycles. The molecular formula is C16H21Br2NO2. The van der Waals surface area contributed by atoms with E-state index in [1.807, 2.05) is 19.1 Å². The van der Waals surface area contributed by atoms with Crippen LogP contribution in [0.5, 0.6) is 0 Å². The standard InChI is InChI=1S/C16H21Br2NO2/c1-2-21-16(20)15(18)14(17)12-6-8-13(9-7-12)19-10-11-4-3-5-11/h6-9,11,14-15,19H,2-5,10H2,1H3. The molecular weight excluding hydrogens is 398 g/mol. The quantitative estimate of drug-likeness (QED) is 0.516. The lowest BCUT2D eigenvalue weighted by molar-refractivity contribution is -0.142. The second-order valence-electron chi connectivity index (χ2n) is 5.36. The lowest BCUT2D eigenvalue weighted by atomic mass is 9.85. The molecule has 2 atom stereocenters. The van der Waals surface area contributed by atoms with Crippen LogP contribution in [-0.4, -0.2) is 23.9 Å². The Morgan fingerprint density at radius 1 is 1.33 bits per heavy atom. The van der Waals surface area contributed by atoms with E-state index in [9.17, 15) is 4.79 Å². The van der Waals surface area contributed by atoms with Crippen LogP contribution in [-0.2, 0) is 9.53 Å².